The molecule has 3 aromatic heterocycles. The van der Waals surface area contributed by atoms with Crippen molar-refractivity contribution < 1.29 is 14.6 Å². The molecule has 1 aromatic carbocycles. The van der Waals surface area contributed by atoms with Gasteiger partial charge in [-0.1, -0.05) is 6.07 Å². The number of rotatable bonds is 7. The van der Waals surface area contributed by atoms with Crippen LogP contribution in [0.2, 0.25) is 0 Å². The fourth-order valence-electron chi connectivity index (χ4n) is 5.32. The molecule has 36 heavy (non-hydrogen) atoms. The second-order valence-corrected chi connectivity index (χ2v) is 10.7. The van der Waals surface area contributed by atoms with E-state index < -0.39 is 11.4 Å². The van der Waals surface area contributed by atoms with Gasteiger partial charge in [-0.3, -0.25) is 9.78 Å². The van der Waals surface area contributed by atoms with Gasteiger partial charge < -0.3 is 20.1 Å². The van der Waals surface area contributed by atoms with Crippen LogP contribution in [0.3, 0.4) is 0 Å². The first kappa shape index (κ1) is 22.9. The fourth-order valence-corrected chi connectivity index (χ4v) is 6.65. The van der Waals surface area contributed by atoms with E-state index in [0.29, 0.717) is 22.6 Å². The normalized spacial score (nSPS) is 17.2. The van der Waals surface area contributed by atoms with Crippen molar-refractivity contribution in [3.63, 3.8) is 0 Å². The van der Waals surface area contributed by atoms with Crippen LogP contribution in [0.4, 0.5) is 0 Å². The second kappa shape index (κ2) is 9.19. The van der Waals surface area contributed by atoms with Crippen LogP contribution in [-0.2, 0) is 13.0 Å². The Kier molecular flexibility index (Phi) is 5.85. The number of ether oxygens (including phenoxy) is 1. The number of methoxy groups -OCH3 is 1. The number of aryl methyl sites for hydroxylation is 1. The van der Waals surface area contributed by atoms with Gasteiger partial charge in [0.1, 0.15) is 5.56 Å². The number of carbonyl (C=O) groups is 1. The van der Waals surface area contributed by atoms with Gasteiger partial charge in [-0.05, 0) is 72.9 Å². The highest BCUT2D eigenvalue weighted by molar-refractivity contribution is 7.15. The minimum atomic E-state index is -1.23. The van der Waals surface area contributed by atoms with Gasteiger partial charge in [0.25, 0.3) is 0 Å². The number of fused-ring (bicyclic) bond motifs is 2. The zero-order chi connectivity index (χ0) is 24.8. The molecule has 0 radical (unpaired) electrons. The van der Waals surface area contributed by atoms with Crippen molar-refractivity contribution in [2.24, 2.45) is 0 Å². The maximum Gasteiger partial charge on any atom is 0.341 e. The first-order valence-corrected chi connectivity index (χ1v) is 13.1. The van der Waals surface area contributed by atoms with E-state index in [9.17, 15) is 14.7 Å². The summed E-state index contributed by atoms with van der Waals surface area (Å²) in [5.41, 5.74) is 4.41. The lowest BCUT2D eigenvalue weighted by atomic mass is 9.92. The third kappa shape index (κ3) is 4.00. The van der Waals surface area contributed by atoms with Gasteiger partial charge in [-0.2, -0.15) is 0 Å². The Morgan fingerprint density at radius 3 is 2.86 bits per heavy atom. The monoisotopic (exact) mass is 501 g/mol. The van der Waals surface area contributed by atoms with Crippen LogP contribution in [0.5, 0.6) is 5.75 Å². The largest absolute Gasteiger partial charge is 0.494 e. The van der Waals surface area contributed by atoms with Gasteiger partial charge in [0.05, 0.1) is 18.0 Å². The predicted molar refractivity (Wildman–Crippen MR) is 140 cm³/mol. The lowest BCUT2D eigenvalue weighted by molar-refractivity contribution is 0.0695. The molecule has 1 unspecified atom stereocenters. The van der Waals surface area contributed by atoms with Gasteiger partial charge in [-0.25, -0.2) is 4.79 Å². The summed E-state index contributed by atoms with van der Waals surface area (Å²) in [5.74, 6) is -0.267. The molecule has 2 aliphatic carbocycles. The van der Waals surface area contributed by atoms with E-state index in [1.165, 1.54) is 16.6 Å². The number of carboxylic acids is 1. The number of hydrogen-bond acceptors (Lipinski definition) is 6. The van der Waals surface area contributed by atoms with Crippen molar-refractivity contribution in [2.75, 3.05) is 7.11 Å². The standard InChI is InChI=1S/C28H27N3O4S/c1-35-27-24(17(16-7-8-16)10-19-25(27)31-14-20(26(19)32)28(33)34)23-11-18-21(5-2-6-22(18)36-23)30-13-15-4-3-9-29-12-15/h3-4,9-12,14,16,21,30H,2,5-8,13H2,1H3,(H,31,32)(H,33,34). The Morgan fingerprint density at radius 1 is 1.28 bits per heavy atom. The van der Waals surface area contributed by atoms with Crippen molar-refractivity contribution in [3.05, 3.63) is 80.2 Å². The van der Waals surface area contributed by atoms with Crippen molar-refractivity contribution in [1.82, 2.24) is 15.3 Å². The second-order valence-electron chi connectivity index (χ2n) is 9.58. The molecule has 3 N–H and O–H groups in total. The van der Waals surface area contributed by atoms with Crippen molar-refractivity contribution >= 4 is 28.2 Å². The summed E-state index contributed by atoms with van der Waals surface area (Å²) in [7, 11) is 1.62. The number of aromatic amines is 1. The maximum atomic E-state index is 13.0. The predicted octanol–water partition coefficient (Wildman–Crippen LogP) is 5.40. The first-order valence-electron chi connectivity index (χ1n) is 12.3. The van der Waals surface area contributed by atoms with E-state index in [1.54, 1.807) is 24.6 Å². The van der Waals surface area contributed by atoms with E-state index in [4.69, 9.17) is 4.74 Å². The Morgan fingerprint density at radius 2 is 2.14 bits per heavy atom. The van der Waals surface area contributed by atoms with Gasteiger partial charge >= 0.3 is 5.97 Å². The molecule has 1 saturated carbocycles. The average Bonchev–Trinajstić information content (AvgIpc) is 3.65. The lowest BCUT2D eigenvalue weighted by Gasteiger charge is -2.23. The van der Waals surface area contributed by atoms with E-state index in [2.05, 4.69) is 27.4 Å². The van der Waals surface area contributed by atoms with E-state index in [0.717, 1.165) is 60.2 Å². The van der Waals surface area contributed by atoms with Crippen LogP contribution in [0.15, 0.2) is 47.7 Å². The van der Waals surface area contributed by atoms with Crippen LogP contribution >= 0.6 is 11.3 Å². The summed E-state index contributed by atoms with van der Waals surface area (Å²) in [6.45, 7) is 0.767. The third-order valence-electron chi connectivity index (χ3n) is 7.25. The van der Waals surface area contributed by atoms with E-state index in [1.807, 2.05) is 18.3 Å². The number of aromatic nitrogens is 2. The molecule has 0 amide bonds. The first-order chi connectivity index (χ1) is 17.5. The summed E-state index contributed by atoms with van der Waals surface area (Å²) in [5, 5.41) is 13.5. The number of nitrogens with one attached hydrogen (secondary N) is 2. The molecule has 8 heteroatoms. The number of hydrogen-bond donors (Lipinski definition) is 3. The number of thiophene rings is 1. The highest BCUT2D eigenvalue weighted by atomic mass is 32.1. The molecular formula is C28H27N3O4S. The zero-order valence-corrected chi connectivity index (χ0v) is 20.8. The third-order valence-corrected chi connectivity index (χ3v) is 8.48. The fraction of sp³-hybridized carbons (Fsp3) is 0.321. The van der Waals surface area contributed by atoms with Crippen LogP contribution in [0, 0.1) is 0 Å². The van der Waals surface area contributed by atoms with Crippen LogP contribution in [-0.4, -0.2) is 28.2 Å². The summed E-state index contributed by atoms with van der Waals surface area (Å²) < 4.78 is 5.92. The molecule has 1 fully saturated rings. The number of benzene rings is 1. The molecule has 0 bridgehead atoms. The maximum absolute atomic E-state index is 13.0. The number of carboxylic acid groups (broad SMARTS) is 1. The quantitative estimate of drug-likeness (QED) is 0.313. The minimum absolute atomic E-state index is 0.256. The smallest absolute Gasteiger partial charge is 0.341 e. The van der Waals surface area contributed by atoms with Crippen LogP contribution < -0.4 is 15.5 Å². The Hall–Kier alpha value is -3.49. The molecule has 184 valence electrons. The summed E-state index contributed by atoms with van der Waals surface area (Å²) >= 11 is 1.81. The van der Waals surface area contributed by atoms with Crippen LogP contribution in [0.1, 0.15) is 69.6 Å². The van der Waals surface area contributed by atoms with Crippen molar-refractivity contribution in [3.8, 4) is 16.2 Å². The van der Waals surface area contributed by atoms with Crippen molar-refractivity contribution in [1.29, 1.82) is 0 Å². The molecule has 6 rings (SSSR count). The van der Waals surface area contributed by atoms with Gasteiger partial charge in [-0.15, -0.1) is 11.3 Å². The molecule has 3 heterocycles. The number of aromatic carboxylic acids is 1. The Bertz CT molecular complexity index is 1520. The van der Waals surface area contributed by atoms with Gasteiger partial charge in [0, 0.05) is 46.5 Å². The minimum Gasteiger partial charge on any atom is -0.494 e. The summed E-state index contributed by atoms with van der Waals surface area (Å²) in [4.78, 5) is 34.4. The molecule has 4 aromatic rings. The molecule has 0 aliphatic heterocycles. The number of nitrogens with zero attached hydrogens (tertiary/aromatic N) is 1. The highest BCUT2D eigenvalue weighted by Gasteiger charge is 2.32. The number of H-pyrrole nitrogens is 1. The SMILES string of the molecule is COc1c(-c2cc3c(s2)CCCC3NCc2cccnc2)c(C2CC2)cc2c(=O)c(C(=O)O)c[nH]c12. The van der Waals surface area contributed by atoms with Crippen LogP contribution in [0.25, 0.3) is 21.3 Å². The van der Waals surface area contributed by atoms with E-state index in [-0.39, 0.29) is 11.6 Å². The van der Waals surface area contributed by atoms with Crippen molar-refractivity contribution in [2.45, 2.75) is 50.6 Å². The molecular weight excluding hydrogens is 474 g/mol. The zero-order valence-electron chi connectivity index (χ0n) is 20.0. The molecule has 0 saturated heterocycles. The molecule has 2 aliphatic rings. The molecule has 0 spiro atoms. The molecule has 7 nitrogen and oxygen atoms in total. The highest BCUT2D eigenvalue weighted by Crippen LogP contribution is 2.52. The Balaban J connectivity index is 1.45. The number of pyridine rings is 2. The van der Waals surface area contributed by atoms with E-state index >= 15 is 0 Å². The molecule has 1 atom stereocenters. The van der Waals surface area contributed by atoms with Gasteiger partial charge in [0.2, 0.25) is 5.43 Å². The topological polar surface area (TPSA) is 104 Å². The summed E-state index contributed by atoms with van der Waals surface area (Å²) in [6.07, 6.45) is 10.3. The van der Waals surface area contributed by atoms with Gasteiger partial charge in [0.15, 0.2) is 5.75 Å². The summed E-state index contributed by atoms with van der Waals surface area (Å²) in [6, 6.07) is 8.50. The average molecular weight is 502 g/mol. The Labute approximate surface area is 212 Å². The lowest BCUT2D eigenvalue weighted by Crippen LogP contribution is -2.23.